The summed E-state index contributed by atoms with van der Waals surface area (Å²) in [6, 6.07) is 0. The molecule has 2 rings (SSSR count). The Labute approximate surface area is 93.0 Å². The van der Waals surface area contributed by atoms with Crippen molar-refractivity contribution in [3.05, 3.63) is 0 Å². The molecule has 2 heterocycles. The highest BCUT2D eigenvalue weighted by Gasteiger charge is 2.45. The summed E-state index contributed by atoms with van der Waals surface area (Å²) in [4.78, 5) is 2.56. The number of hydrogen-bond donors (Lipinski definition) is 1. The van der Waals surface area contributed by atoms with E-state index in [9.17, 15) is 0 Å². The van der Waals surface area contributed by atoms with Crippen LogP contribution in [0.2, 0.25) is 0 Å². The van der Waals surface area contributed by atoms with Crippen molar-refractivity contribution in [2.45, 2.75) is 38.2 Å². The molecular formula is C12H24N2O. The van der Waals surface area contributed by atoms with Crippen LogP contribution in [0.5, 0.6) is 0 Å². The van der Waals surface area contributed by atoms with Crippen LogP contribution in [0.3, 0.4) is 0 Å². The molecule has 0 aromatic carbocycles. The van der Waals surface area contributed by atoms with Crippen molar-refractivity contribution < 1.29 is 4.74 Å². The van der Waals surface area contributed by atoms with E-state index < -0.39 is 0 Å². The topological polar surface area (TPSA) is 38.5 Å². The monoisotopic (exact) mass is 212 g/mol. The lowest BCUT2D eigenvalue weighted by Crippen LogP contribution is -2.49. The van der Waals surface area contributed by atoms with Gasteiger partial charge in [-0.15, -0.1) is 0 Å². The van der Waals surface area contributed by atoms with Crippen LogP contribution in [0.15, 0.2) is 0 Å². The van der Waals surface area contributed by atoms with Crippen molar-refractivity contribution in [3.63, 3.8) is 0 Å². The van der Waals surface area contributed by atoms with Gasteiger partial charge in [0, 0.05) is 25.6 Å². The minimum Gasteiger partial charge on any atom is -0.375 e. The molecule has 88 valence electrons. The highest BCUT2D eigenvalue weighted by molar-refractivity contribution is 4.96. The van der Waals surface area contributed by atoms with Gasteiger partial charge in [0.1, 0.15) is 0 Å². The molecule has 1 unspecified atom stereocenters. The zero-order valence-electron chi connectivity index (χ0n) is 9.87. The van der Waals surface area contributed by atoms with Gasteiger partial charge in [-0.2, -0.15) is 0 Å². The van der Waals surface area contributed by atoms with Crippen LogP contribution in [0, 0.1) is 5.92 Å². The minimum absolute atomic E-state index is 0.152. The van der Waals surface area contributed by atoms with Crippen LogP contribution in [-0.4, -0.2) is 43.3 Å². The number of piperidine rings is 1. The van der Waals surface area contributed by atoms with E-state index in [2.05, 4.69) is 11.8 Å². The molecule has 0 aromatic rings. The second-order valence-electron chi connectivity index (χ2n) is 4.98. The van der Waals surface area contributed by atoms with Gasteiger partial charge in [-0.05, 0) is 38.8 Å². The largest absolute Gasteiger partial charge is 0.375 e. The van der Waals surface area contributed by atoms with Gasteiger partial charge in [0.2, 0.25) is 0 Å². The maximum absolute atomic E-state index is 6.00. The summed E-state index contributed by atoms with van der Waals surface area (Å²) in [5, 5.41) is 0. The molecule has 2 aliphatic heterocycles. The first-order chi connectivity index (χ1) is 7.30. The standard InChI is InChI=1S/C12H24N2O/c1-2-6-14-7-4-12(5-8-14)11(10-13)3-9-15-12/h11H,2-10,13H2,1H3. The van der Waals surface area contributed by atoms with Crippen LogP contribution in [0.4, 0.5) is 0 Å². The van der Waals surface area contributed by atoms with E-state index >= 15 is 0 Å². The van der Waals surface area contributed by atoms with Gasteiger partial charge >= 0.3 is 0 Å². The van der Waals surface area contributed by atoms with E-state index in [4.69, 9.17) is 10.5 Å². The molecule has 2 fully saturated rings. The Balaban J connectivity index is 1.90. The number of nitrogens with zero attached hydrogens (tertiary/aromatic N) is 1. The molecule has 2 N–H and O–H groups in total. The third-order valence-corrected chi connectivity index (χ3v) is 4.13. The minimum atomic E-state index is 0.152. The third-order valence-electron chi connectivity index (χ3n) is 4.13. The Bertz CT molecular complexity index is 200. The maximum atomic E-state index is 6.00. The molecule has 2 aliphatic rings. The number of rotatable bonds is 3. The van der Waals surface area contributed by atoms with Crippen LogP contribution >= 0.6 is 0 Å². The van der Waals surface area contributed by atoms with Gasteiger partial charge in [-0.25, -0.2) is 0 Å². The Kier molecular flexibility index (Phi) is 3.65. The van der Waals surface area contributed by atoms with Crippen molar-refractivity contribution >= 4 is 0 Å². The lowest BCUT2D eigenvalue weighted by atomic mass is 9.79. The molecule has 0 bridgehead atoms. The Morgan fingerprint density at radius 3 is 2.73 bits per heavy atom. The highest BCUT2D eigenvalue weighted by atomic mass is 16.5. The maximum Gasteiger partial charge on any atom is 0.0747 e. The fourth-order valence-corrected chi connectivity index (χ4v) is 3.14. The van der Waals surface area contributed by atoms with Gasteiger partial charge in [0.25, 0.3) is 0 Å². The third kappa shape index (κ3) is 2.19. The van der Waals surface area contributed by atoms with E-state index in [0.29, 0.717) is 5.92 Å². The van der Waals surface area contributed by atoms with E-state index in [0.717, 1.165) is 13.2 Å². The lowest BCUT2D eigenvalue weighted by molar-refractivity contribution is -0.0646. The smallest absolute Gasteiger partial charge is 0.0747 e. The molecule has 2 saturated heterocycles. The fourth-order valence-electron chi connectivity index (χ4n) is 3.14. The average Bonchev–Trinajstić information content (AvgIpc) is 2.65. The van der Waals surface area contributed by atoms with Crippen LogP contribution < -0.4 is 5.73 Å². The highest BCUT2D eigenvalue weighted by Crippen LogP contribution is 2.39. The van der Waals surface area contributed by atoms with Crippen molar-refractivity contribution in [3.8, 4) is 0 Å². The quantitative estimate of drug-likeness (QED) is 0.764. The zero-order chi connectivity index (χ0) is 10.7. The first-order valence-electron chi connectivity index (χ1n) is 6.37. The van der Waals surface area contributed by atoms with Crippen molar-refractivity contribution in [1.82, 2.24) is 4.90 Å². The second kappa shape index (κ2) is 4.81. The first-order valence-corrected chi connectivity index (χ1v) is 6.37. The predicted octanol–water partition coefficient (Wildman–Crippen LogP) is 1.23. The summed E-state index contributed by atoms with van der Waals surface area (Å²) in [5.74, 6) is 0.612. The van der Waals surface area contributed by atoms with Gasteiger partial charge in [0.05, 0.1) is 5.60 Å². The second-order valence-corrected chi connectivity index (χ2v) is 4.98. The summed E-state index contributed by atoms with van der Waals surface area (Å²) in [7, 11) is 0. The molecule has 15 heavy (non-hydrogen) atoms. The van der Waals surface area contributed by atoms with E-state index in [1.165, 1.54) is 45.3 Å². The molecule has 0 amide bonds. The number of hydrogen-bond acceptors (Lipinski definition) is 3. The number of ether oxygens (including phenoxy) is 1. The van der Waals surface area contributed by atoms with E-state index in [1.807, 2.05) is 0 Å². The Morgan fingerprint density at radius 2 is 2.13 bits per heavy atom. The van der Waals surface area contributed by atoms with Crippen molar-refractivity contribution in [2.24, 2.45) is 11.7 Å². The van der Waals surface area contributed by atoms with Gasteiger partial charge < -0.3 is 15.4 Å². The van der Waals surface area contributed by atoms with Gasteiger partial charge in [0.15, 0.2) is 0 Å². The number of likely N-dealkylation sites (tertiary alicyclic amines) is 1. The molecule has 3 heteroatoms. The Morgan fingerprint density at radius 1 is 1.40 bits per heavy atom. The predicted molar refractivity (Wildman–Crippen MR) is 61.8 cm³/mol. The molecular weight excluding hydrogens is 188 g/mol. The SMILES string of the molecule is CCCN1CCC2(CC1)OCCC2CN. The lowest BCUT2D eigenvalue weighted by Gasteiger charge is -2.41. The van der Waals surface area contributed by atoms with Crippen molar-refractivity contribution in [2.75, 3.05) is 32.8 Å². The van der Waals surface area contributed by atoms with Gasteiger partial charge in [-0.1, -0.05) is 6.92 Å². The Hall–Kier alpha value is -0.120. The van der Waals surface area contributed by atoms with Crippen LogP contribution in [0.25, 0.3) is 0 Å². The summed E-state index contributed by atoms with van der Waals surface area (Å²) >= 11 is 0. The van der Waals surface area contributed by atoms with E-state index in [-0.39, 0.29) is 5.60 Å². The van der Waals surface area contributed by atoms with E-state index in [1.54, 1.807) is 0 Å². The molecule has 0 saturated carbocycles. The van der Waals surface area contributed by atoms with Gasteiger partial charge in [-0.3, -0.25) is 0 Å². The summed E-state index contributed by atoms with van der Waals surface area (Å²) in [6.45, 7) is 7.61. The molecule has 0 radical (unpaired) electrons. The molecule has 3 nitrogen and oxygen atoms in total. The first kappa shape index (κ1) is 11.4. The average molecular weight is 212 g/mol. The van der Waals surface area contributed by atoms with Crippen LogP contribution in [0.1, 0.15) is 32.6 Å². The normalized spacial score (nSPS) is 31.2. The summed E-state index contributed by atoms with van der Waals surface area (Å²) in [5.41, 5.74) is 5.99. The number of nitrogens with two attached hydrogens (primary N) is 1. The molecule has 1 atom stereocenters. The summed E-state index contributed by atoms with van der Waals surface area (Å²) in [6.07, 6.45) is 4.81. The van der Waals surface area contributed by atoms with Crippen LogP contribution in [-0.2, 0) is 4.74 Å². The summed E-state index contributed by atoms with van der Waals surface area (Å²) < 4.78 is 6.00. The fraction of sp³-hybridized carbons (Fsp3) is 1.00. The van der Waals surface area contributed by atoms with Crippen molar-refractivity contribution in [1.29, 1.82) is 0 Å². The molecule has 0 aliphatic carbocycles. The molecule has 1 spiro atoms. The molecule has 0 aromatic heterocycles. The zero-order valence-corrected chi connectivity index (χ0v) is 9.87.